The fourth-order valence-corrected chi connectivity index (χ4v) is 3.69. The maximum atomic E-state index is 12.9. The minimum Gasteiger partial charge on any atom is -0.361 e. The molecule has 1 aromatic carbocycles. The Kier molecular flexibility index (Phi) is 4.94. The Morgan fingerprint density at radius 1 is 1.21 bits per heavy atom. The summed E-state index contributed by atoms with van der Waals surface area (Å²) in [6, 6.07) is 12.4. The van der Waals surface area contributed by atoms with Gasteiger partial charge >= 0.3 is 0 Å². The standard InChI is InChI=1S/C20H19N5O2S/c1-25-9-8-18(24-25)23-19(26)16(22-20(27)17-7-4-10-28-17)11-13-12-21-15-6-3-2-5-14(13)15/h2-10,12,16,21H,11H2,1H3,(H,22,27)(H,23,24,26)/t16-/m1/s1. The van der Waals surface area contributed by atoms with Gasteiger partial charge in [0.15, 0.2) is 5.82 Å². The first-order valence-electron chi connectivity index (χ1n) is 8.80. The summed E-state index contributed by atoms with van der Waals surface area (Å²) in [5.41, 5.74) is 1.95. The molecular weight excluding hydrogens is 374 g/mol. The van der Waals surface area contributed by atoms with Crippen molar-refractivity contribution >= 4 is 39.9 Å². The van der Waals surface area contributed by atoms with Crippen LogP contribution in [0.2, 0.25) is 0 Å². The predicted octanol–water partition coefficient (Wildman–Crippen LogP) is 2.94. The first-order valence-corrected chi connectivity index (χ1v) is 9.68. The normalized spacial score (nSPS) is 12.0. The molecule has 0 saturated carbocycles. The number of fused-ring (bicyclic) bond motifs is 1. The molecule has 0 aliphatic heterocycles. The topological polar surface area (TPSA) is 91.8 Å². The molecule has 0 saturated heterocycles. The highest BCUT2D eigenvalue weighted by Crippen LogP contribution is 2.20. The van der Waals surface area contributed by atoms with Crippen LogP contribution in [0.3, 0.4) is 0 Å². The molecule has 0 aliphatic rings. The molecule has 3 aromatic heterocycles. The van der Waals surface area contributed by atoms with Crippen molar-refractivity contribution in [2.45, 2.75) is 12.5 Å². The number of benzene rings is 1. The Bertz CT molecular complexity index is 1110. The van der Waals surface area contributed by atoms with Gasteiger partial charge in [-0.1, -0.05) is 24.3 Å². The van der Waals surface area contributed by atoms with E-state index in [0.717, 1.165) is 16.5 Å². The van der Waals surface area contributed by atoms with Gasteiger partial charge in [0.25, 0.3) is 5.91 Å². The molecule has 0 radical (unpaired) electrons. The van der Waals surface area contributed by atoms with Crippen molar-refractivity contribution in [2.24, 2.45) is 7.05 Å². The van der Waals surface area contributed by atoms with Gasteiger partial charge in [0.2, 0.25) is 5.91 Å². The average Bonchev–Trinajstić information content (AvgIpc) is 3.43. The Hall–Kier alpha value is -3.39. The maximum Gasteiger partial charge on any atom is 0.262 e. The van der Waals surface area contributed by atoms with E-state index in [9.17, 15) is 9.59 Å². The zero-order valence-corrected chi connectivity index (χ0v) is 16.0. The highest BCUT2D eigenvalue weighted by atomic mass is 32.1. The van der Waals surface area contributed by atoms with Crippen LogP contribution in [-0.2, 0) is 18.3 Å². The van der Waals surface area contributed by atoms with Gasteiger partial charge in [-0.3, -0.25) is 14.3 Å². The number of H-pyrrole nitrogens is 1. The number of rotatable bonds is 6. The number of nitrogens with zero attached hydrogens (tertiary/aromatic N) is 2. The number of aromatic nitrogens is 3. The molecule has 28 heavy (non-hydrogen) atoms. The van der Waals surface area contributed by atoms with Gasteiger partial charge in [0, 0.05) is 42.8 Å². The Balaban J connectivity index is 1.58. The Morgan fingerprint density at radius 3 is 2.82 bits per heavy atom. The number of hydrogen-bond donors (Lipinski definition) is 3. The number of anilines is 1. The van der Waals surface area contributed by atoms with Gasteiger partial charge in [0.1, 0.15) is 6.04 Å². The van der Waals surface area contributed by atoms with Gasteiger partial charge in [-0.25, -0.2) is 0 Å². The van der Waals surface area contributed by atoms with Crippen molar-refractivity contribution in [3.63, 3.8) is 0 Å². The number of para-hydroxylation sites is 1. The van der Waals surface area contributed by atoms with Crippen LogP contribution < -0.4 is 10.6 Å². The monoisotopic (exact) mass is 393 g/mol. The second-order valence-corrected chi connectivity index (χ2v) is 7.38. The van der Waals surface area contributed by atoms with Crippen LogP contribution in [0.5, 0.6) is 0 Å². The van der Waals surface area contributed by atoms with Crippen LogP contribution in [0, 0.1) is 0 Å². The molecule has 4 aromatic rings. The van der Waals surface area contributed by atoms with Crippen LogP contribution >= 0.6 is 11.3 Å². The first kappa shape index (κ1) is 18.0. The largest absolute Gasteiger partial charge is 0.361 e. The summed E-state index contributed by atoms with van der Waals surface area (Å²) in [7, 11) is 1.78. The molecule has 3 heterocycles. The molecule has 1 atom stereocenters. The Labute approximate surface area is 165 Å². The van der Waals surface area contributed by atoms with Gasteiger partial charge in [-0.2, -0.15) is 5.10 Å². The highest BCUT2D eigenvalue weighted by Gasteiger charge is 2.24. The summed E-state index contributed by atoms with van der Waals surface area (Å²) >= 11 is 1.34. The smallest absolute Gasteiger partial charge is 0.262 e. The number of aromatic amines is 1. The molecule has 0 bridgehead atoms. The van der Waals surface area contributed by atoms with Crippen LogP contribution in [-0.4, -0.2) is 32.6 Å². The summed E-state index contributed by atoms with van der Waals surface area (Å²) in [6.45, 7) is 0. The number of aryl methyl sites for hydroxylation is 1. The molecule has 0 fully saturated rings. The van der Waals surface area contributed by atoms with Crippen molar-refractivity contribution in [1.29, 1.82) is 0 Å². The van der Waals surface area contributed by atoms with E-state index in [1.54, 1.807) is 30.1 Å². The number of carbonyl (C=O) groups excluding carboxylic acids is 2. The third-order valence-electron chi connectivity index (χ3n) is 4.43. The van der Waals surface area contributed by atoms with Crippen LogP contribution in [0.1, 0.15) is 15.2 Å². The van der Waals surface area contributed by atoms with E-state index in [1.807, 2.05) is 41.9 Å². The lowest BCUT2D eigenvalue weighted by molar-refractivity contribution is -0.118. The van der Waals surface area contributed by atoms with Gasteiger partial charge in [0.05, 0.1) is 4.88 Å². The van der Waals surface area contributed by atoms with E-state index < -0.39 is 6.04 Å². The van der Waals surface area contributed by atoms with Crippen LogP contribution in [0.4, 0.5) is 5.82 Å². The summed E-state index contributed by atoms with van der Waals surface area (Å²) < 4.78 is 1.61. The molecule has 0 aliphatic carbocycles. The summed E-state index contributed by atoms with van der Waals surface area (Å²) in [5.74, 6) is -0.133. The van der Waals surface area contributed by atoms with Gasteiger partial charge < -0.3 is 15.6 Å². The molecule has 0 spiro atoms. The lowest BCUT2D eigenvalue weighted by Gasteiger charge is -2.17. The maximum absolute atomic E-state index is 12.9. The molecule has 142 valence electrons. The summed E-state index contributed by atoms with van der Waals surface area (Å²) in [5, 5.41) is 12.7. The van der Waals surface area contributed by atoms with E-state index in [1.165, 1.54) is 11.3 Å². The van der Waals surface area contributed by atoms with Crippen molar-refractivity contribution in [2.75, 3.05) is 5.32 Å². The highest BCUT2D eigenvalue weighted by molar-refractivity contribution is 7.12. The molecular formula is C20H19N5O2S. The van der Waals surface area contributed by atoms with E-state index in [2.05, 4.69) is 20.7 Å². The first-order chi connectivity index (χ1) is 13.6. The fourth-order valence-electron chi connectivity index (χ4n) is 3.06. The van der Waals surface area contributed by atoms with Crippen LogP contribution in [0.15, 0.2) is 60.2 Å². The Morgan fingerprint density at radius 2 is 2.07 bits per heavy atom. The van der Waals surface area contributed by atoms with E-state index in [4.69, 9.17) is 0 Å². The van der Waals surface area contributed by atoms with Crippen LogP contribution in [0.25, 0.3) is 10.9 Å². The lowest BCUT2D eigenvalue weighted by atomic mass is 10.0. The number of nitrogens with one attached hydrogen (secondary N) is 3. The lowest BCUT2D eigenvalue weighted by Crippen LogP contribution is -2.45. The molecule has 4 rings (SSSR count). The number of carbonyl (C=O) groups is 2. The zero-order chi connectivity index (χ0) is 19.5. The van der Waals surface area contributed by atoms with Crippen molar-refractivity contribution < 1.29 is 9.59 Å². The van der Waals surface area contributed by atoms with E-state index in [0.29, 0.717) is 17.1 Å². The number of hydrogen-bond acceptors (Lipinski definition) is 4. The minimum absolute atomic E-state index is 0.268. The number of thiophene rings is 1. The third kappa shape index (κ3) is 3.81. The van der Waals surface area contributed by atoms with Crippen molar-refractivity contribution in [3.05, 3.63) is 70.7 Å². The summed E-state index contributed by atoms with van der Waals surface area (Å²) in [4.78, 5) is 29.2. The molecule has 2 amide bonds. The SMILES string of the molecule is Cn1ccc(NC(=O)[C@@H](Cc2c[nH]c3ccccc23)NC(=O)c2cccs2)n1. The van der Waals surface area contributed by atoms with Gasteiger partial charge in [-0.15, -0.1) is 11.3 Å². The fraction of sp³-hybridized carbons (Fsp3) is 0.150. The summed E-state index contributed by atoms with van der Waals surface area (Å²) in [6.07, 6.45) is 3.98. The average molecular weight is 393 g/mol. The molecule has 8 heteroatoms. The number of amides is 2. The minimum atomic E-state index is -0.740. The van der Waals surface area contributed by atoms with Crippen molar-refractivity contribution in [3.8, 4) is 0 Å². The van der Waals surface area contributed by atoms with E-state index in [-0.39, 0.29) is 11.8 Å². The van der Waals surface area contributed by atoms with E-state index >= 15 is 0 Å². The van der Waals surface area contributed by atoms with Gasteiger partial charge in [-0.05, 0) is 23.1 Å². The molecule has 3 N–H and O–H groups in total. The molecule has 7 nitrogen and oxygen atoms in total. The second kappa shape index (κ2) is 7.69. The third-order valence-corrected chi connectivity index (χ3v) is 5.30. The second-order valence-electron chi connectivity index (χ2n) is 6.43. The molecule has 0 unspecified atom stereocenters. The quantitative estimate of drug-likeness (QED) is 0.470. The predicted molar refractivity (Wildman–Crippen MR) is 109 cm³/mol. The van der Waals surface area contributed by atoms with Crippen molar-refractivity contribution in [1.82, 2.24) is 20.1 Å². The zero-order valence-electron chi connectivity index (χ0n) is 15.2.